The van der Waals surface area contributed by atoms with Crippen molar-refractivity contribution in [3.8, 4) is 0 Å². The average molecular weight is 286 g/mol. The van der Waals surface area contributed by atoms with Crippen LogP contribution in [0, 0.1) is 0 Å². The molecule has 1 aliphatic carbocycles. The smallest absolute Gasteiger partial charge is 0.326 e. The van der Waals surface area contributed by atoms with Crippen molar-refractivity contribution in [1.29, 1.82) is 0 Å². The first kappa shape index (κ1) is 17.4. The first-order valence-corrected chi connectivity index (χ1v) is 7.63. The molecule has 1 aliphatic rings. The normalized spacial score (nSPS) is 26.4. The molecule has 20 heavy (non-hydrogen) atoms. The molecular weight excluding hydrogens is 256 g/mol. The van der Waals surface area contributed by atoms with Crippen molar-refractivity contribution in [3.63, 3.8) is 0 Å². The lowest BCUT2D eigenvalue weighted by molar-refractivity contribution is -0.151. The third kappa shape index (κ3) is 4.43. The predicted octanol–water partition coefficient (Wildman–Crippen LogP) is 1.42. The van der Waals surface area contributed by atoms with E-state index in [4.69, 9.17) is 9.47 Å². The van der Waals surface area contributed by atoms with E-state index in [9.17, 15) is 4.79 Å². The molecule has 0 amide bonds. The van der Waals surface area contributed by atoms with E-state index in [2.05, 4.69) is 17.3 Å². The van der Waals surface area contributed by atoms with Gasteiger partial charge in [-0.1, -0.05) is 0 Å². The molecule has 0 aliphatic heterocycles. The average Bonchev–Trinajstić information content (AvgIpc) is 2.84. The van der Waals surface area contributed by atoms with Crippen molar-refractivity contribution < 1.29 is 14.3 Å². The first-order chi connectivity index (χ1) is 9.45. The number of nitrogens with zero attached hydrogens (tertiary/aromatic N) is 1. The summed E-state index contributed by atoms with van der Waals surface area (Å²) in [5, 5.41) is 3.19. The number of likely N-dealkylation sites (N-methyl/N-ethyl adjacent to an activating group) is 2. The molecule has 0 heterocycles. The number of carbonyl (C=O) groups excluding carboxylic acids is 1. The second-order valence-electron chi connectivity index (χ2n) is 5.85. The summed E-state index contributed by atoms with van der Waals surface area (Å²) in [6.07, 6.45) is 2.92. The van der Waals surface area contributed by atoms with Gasteiger partial charge in [0.1, 0.15) is 5.54 Å². The van der Waals surface area contributed by atoms with Crippen LogP contribution in [-0.2, 0) is 14.3 Å². The molecule has 1 fully saturated rings. The number of rotatable bonds is 8. The lowest BCUT2D eigenvalue weighted by Crippen LogP contribution is -2.50. The summed E-state index contributed by atoms with van der Waals surface area (Å²) in [6.45, 7) is 8.00. The van der Waals surface area contributed by atoms with E-state index in [1.165, 1.54) is 0 Å². The van der Waals surface area contributed by atoms with Gasteiger partial charge in [-0.2, -0.15) is 0 Å². The van der Waals surface area contributed by atoms with Gasteiger partial charge >= 0.3 is 5.97 Å². The predicted molar refractivity (Wildman–Crippen MR) is 79.8 cm³/mol. The first-order valence-electron chi connectivity index (χ1n) is 7.63. The zero-order valence-electron chi connectivity index (χ0n) is 13.6. The molecule has 2 atom stereocenters. The molecule has 1 saturated carbocycles. The Hall–Kier alpha value is -0.650. The Morgan fingerprint density at radius 2 is 2.20 bits per heavy atom. The Labute approximate surface area is 123 Å². The van der Waals surface area contributed by atoms with E-state index in [1.54, 1.807) is 0 Å². The van der Waals surface area contributed by atoms with E-state index in [0.717, 1.165) is 32.4 Å². The summed E-state index contributed by atoms with van der Waals surface area (Å²) >= 11 is 0. The minimum Gasteiger partial charge on any atom is -0.465 e. The van der Waals surface area contributed by atoms with Gasteiger partial charge in [0, 0.05) is 12.6 Å². The van der Waals surface area contributed by atoms with Gasteiger partial charge in [0.25, 0.3) is 0 Å². The molecule has 5 nitrogen and oxygen atoms in total. The van der Waals surface area contributed by atoms with E-state index >= 15 is 0 Å². The summed E-state index contributed by atoms with van der Waals surface area (Å²) in [6, 6.07) is 0.405. The zero-order chi connectivity index (χ0) is 15.2. The van der Waals surface area contributed by atoms with Crippen molar-refractivity contribution in [2.75, 3.05) is 33.9 Å². The molecular formula is C15H30N2O3. The highest BCUT2D eigenvalue weighted by Crippen LogP contribution is 2.33. The highest BCUT2D eigenvalue weighted by Gasteiger charge is 2.46. The second kappa shape index (κ2) is 7.96. The number of ether oxygens (including phenoxy) is 2. The minimum atomic E-state index is -0.506. The van der Waals surface area contributed by atoms with E-state index in [1.807, 2.05) is 27.8 Å². The Balaban J connectivity index is 2.49. The van der Waals surface area contributed by atoms with Crippen LogP contribution in [0.15, 0.2) is 0 Å². The van der Waals surface area contributed by atoms with E-state index < -0.39 is 5.54 Å². The molecule has 0 radical (unpaired) electrons. The summed E-state index contributed by atoms with van der Waals surface area (Å²) in [5.41, 5.74) is -0.506. The summed E-state index contributed by atoms with van der Waals surface area (Å²) in [7, 11) is 3.95. The van der Waals surface area contributed by atoms with Gasteiger partial charge in [0.05, 0.1) is 19.3 Å². The van der Waals surface area contributed by atoms with Gasteiger partial charge < -0.3 is 19.7 Å². The van der Waals surface area contributed by atoms with Gasteiger partial charge in [0.15, 0.2) is 0 Å². The van der Waals surface area contributed by atoms with Crippen LogP contribution in [-0.4, -0.2) is 62.4 Å². The van der Waals surface area contributed by atoms with Crippen molar-refractivity contribution in [1.82, 2.24) is 10.2 Å². The largest absolute Gasteiger partial charge is 0.465 e. The van der Waals surface area contributed by atoms with Crippen molar-refractivity contribution in [2.24, 2.45) is 0 Å². The van der Waals surface area contributed by atoms with E-state index in [0.29, 0.717) is 12.6 Å². The fourth-order valence-corrected chi connectivity index (χ4v) is 2.79. The number of hydrogen-bond acceptors (Lipinski definition) is 5. The van der Waals surface area contributed by atoms with Crippen LogP contribution in [0.2, 0.25) is 0 Å². The van der Waals surface area contributed by atoms with Crippen LogP contribution < -0.4 is 5.32 Å². The minimum absolute atomic E-state index is 0.114. The fourth-order valence-electron chi connectivity index (χ4n) is 2.79. The van der Waals surface area contributed by atoms with Crippen LogP contribution >= 0.6 is 0 Å². The quantitative estimate of drug-likeness (QED) is 0.684. The van der Waals surface area contributed by atoms with Gasteiger partial charge in [-0.25, -0.2) is 0 Å². The van der Waals surface area contributed by atoms with E-state index in [-0.39, 0.29) is 12.1 Å². The molecule has 0 aromatic carbocycles. The highest BCUT2D eigenvalue weighted by molar-refractivity contribution is 5.81. The molecule has 5 heteroatoms. The van der Waals surface area contributed by atoms with Crippen LogP contribution in [0.3, 0.4) is 0 Å². The Kier molecular flexibility index (Phi) is 6.92. The fraction of sp³-hybridized carbons (Fsp3) is 0.933. The van der Waals surface area contributed by atoms with Gasteiger partial charge in [-0.15, -0.1) is 0 Å². The highest BCUT2D eigenvalue weighted by atomic mass is 16.5. The van der Waals surface area contributed by atoms with Crippen molar-refractivity contribution in [2.45, 2.75) is 57.7 Å². The monoisotopic (exact) mass is 286 g/mol. The molecule has 1 rings (SSSR count). The number of hydrogen-bond donors (Lipinski definition) is 1. The van der Waals surface area contributed by atoms with Crippen LogP contribution in [0.1, 0.15) is 40.0 Å². The summed E-state index contributed by atoms with van der Waals surface area (Å²) in [4.78, 5) is 14.4. The summed E-state index contributed by atoms with van der Waals surface area (Å²) < 4.78 is 10.8. The lowest BCUT2D eigenvalue weighted by Gasteiger charge is -2.29. The molecule has 2 unspecified atom stereocenters. The standard InChI is InChI=1S/C15H30N2O3/c1-6-19-14(18)15(16-4)8-7-13(11-15)17(5)9-10-20-12(2)3/h12-13,16H,6-11H2,1-5H3. The number of esters is 1. The lowest BCUT2D eigenvalue weighted by atomic mass is 9.97. The topological polar surface area (TPSA) is 50.8 Å². The second-order valence-corrected chi connectivity index (χ2v) is 5.85. The molecule has 1 N–H and O–H groups in total. The third-order valence-corrected chi connectivity index (χ3v) is 4.15. The molecule has 0 bridgehead atoms. The van der Waals surface area contributed by atoms with Crippen LogP contribution in [0.5, 0.6) is 0 Å². The maximum atomic E-state index is 12.1. The molecule has 0 aromatic rings. The van der Waals surface area contributed by atoms with Crippen LogP contribution in [0.25, 0.3) is 0 Å². The van der Waals surface area contributed by atoms with Crippen LogP contribution in [0.4, 0.5) is 0 Å². The SMILES string of the molecule is CCOC(=O)C1(NC)CCC(N(C)CCOC(C)C)C1. The molecule has 118 valence electrons. The maximum absolute atomic E-state index is 12.1. The number of nitrogens with one attached hydrogen (secondary N) is 1. The zero-order valence-corrected chi connectivity index (χ0v) is 13.6. The van der Waals surface area contributed by atoms with Gasteiger partial charge in [-0.3, -0.25) is 4.79 Å². The van der Waals surface area contributed by atoms with Crippen molar-refractivity contribution in [3.05, 3.63) is 0 Å². The summed E-state index contributed by atoms with van der Waals surface area (Å²) in [5.74, 6) is -0.114. The molecule has 0 aromatic heterocycles. The Bertz CT molecular complexity index is 309. The Morgan fingerprint density at radius 3 is 2.75 bits per heavy atom. The van der Waals surface area contributed by atoms with Gasteiger partial charge in [0.2, 0.25) is 0 Å². The maximum Gasteiger partial charge on any atom is 0.326 e. The Morgan fingerprint density at radius 1 is 1.50 bits per heavy atom. The third-order valence-electron chi connectivity index (χ3n) is 4.15. The van der Waals surface area contributed by atoms with Gasteiger partial charge in [-0.05, 0) is 54.1 Å². The number of carbonyl (C=O) groups is 1. The molecule has 0 spiro atoms. The van der Waals surface area contributed by atoms with Crippen molar-refractivity contribution >= 4 is 5.97 Å². The molecule has 0 saturated heterocycles.